The molecule has 37 heavy (non-hydrogen) atoms. The average molecular weight is 531 g/mol. The number of hydrogen-bond acceptors (Lipinski definition) is 3. The third-order valence-corrected chi connectivity index (χ3v) is 9.27. The van der Waals surface area contributed by atoms with Crippen molar-refractivity contribution >= 4 is 21.6 Å². The van der Waals surface area contributed by atoms with Crippen LogP contribution in [0.15, 0.2) is 108 Å². The Labute approximate surface area is 225 Å². The van der Waals surface area contributed by atoms with Crippen molar-refractivity contribution in [2.24, 2.45) is 0 Å². The van der Waals surface area contributed by atoms with Crippen LogP contribution in [0.5, 0.6) is 0 Å². The van der Waals surface area contributed by atoms with Crippen LogP contribution < -0.4 is 0 Å². The molecule has 1 heterocycles. The van der Waals surface area contributed by atoms with Gasteiger partial charge in [-0.25, -0.2) is 8.42 Å². The summed E-state index contributed by atoms with van der Waals surface area (Å²) in [6, 6.07) is 33.4. The third kappa shape index (κ3) is 5.97. The van der Waals surface area contributed by atoms with Crippen LogP contribution in [0, 0.1) is 6.92 Å². The standard InChI is InChI=1S/C31H31ClN2O2S/c1-24-12-17-31(32)30(20-24)27-15-13-26(14-16-27)22-33-18-19-34(37(35,36)29-10-6-3-7-11-29)28(23-33)21-25-8-4-2-5-9-25/h2-17,20,28H,18-19,21-23H2,1H3. The first kappa shape index (κ1) is 25.7. The molecule has 1 aliphatic rings. The molecule has 4 aromatic carbocycles. The van der Waals surface area contributed by atoms with E-state index in [0.29, 0.717) is 31.0 Å². The van der Waals surface area contributed by atoms with Gasteiger partial charge in [-0.3, -0.25) is 4.90 Å². The van der Waals surface area contributed by atoms with Gasteiger partial charge in [-0.1, -0.05) is 96.0 Å². The van der Waals surface area contributed by atoms with E-state index in [0.717, 1.165) is 28.3 Å². The van der Waals surface area contributed by atoms with Gasteiger partial charge in [-0.2, -0.15) is 4.31 Å². The van der Waals surface area contributed by atoms with Crippen molar-refractivity contribution in [1.82, 2.24) is 9.21 Å². The van der Waals surface area contributed by atoms with E-state index in [9.17, 15) is 8.42 Å². The summed E-state index contributed by atoms with van der Waals surface area (Å²) in [5.74, 6) is 0. The Hall–Kier alpha value is -2.96. The minimum atomic E-state index is -3.58. The second-order valence-corrected chi connectivity index (χ2v) is 12.0. The maximum Gasteiger partial charge on any atom is 0.243 e. The van der Waals surface area contributed by atoms with E-state index >= 15 is 0 Å². The lowest BCUT2D eigenvalue weighted by molar-refractivity contribution is 0.129. The molecule has 0 radical (unpaired) electrons. The van der Waals surface area contributed by atoms with Crippen LogP contribution in [0.3, 0.4) is 0 Å². The Morgan fingerprint density at radius 1 is 0.811 bits per heavy atom. The topological polar surface area (TPSA) is 40.6 Å². The van der Waals surface area contributed by atoms with Crippen LogP contribution in [0.1, 0.15) is 16.7 Å². The summed E-state index contributed by atoms with van der Waals surface area (Å²) in [6.07, 6.45) is 0.675. The van der Waals surface area contributed by atoms with Crippen LogP contribution in [0.4, 0.5) is 0 Å². The number of hydrogen-bond donors (Lipinski definition) is 0. The number of benzene rings is 4. The minimum absolute atomic E-state index is 0.147. The van der Waals surface area contributed by atoms with E-state index in [-0.39, 0.29) is 6.04 Å². The first-order valence-corrected chi connectivity index (χ1v) is 14.4. The Morgan fingerprint density at radius 2 is 1.49 bits per heavy atom. The fourth-order valence-corrected chi connectivity index (χ4v) is 6.91. The second kappa shape index (κ2) is 11.2. The highest BCUT2D eigenvalue weighted by atomic mass is 35.5. The lowest BCUT2D eigenvalue weighted by Crippen LogP contribution is -2.55. The molecule has 6 heteroatoms. The summed E-state index contributed by atoms with van der Waals surface area (Å²) in [7, 11) is -3.58. The summed E-state index contributed by atoms with van der Waals surface area (Å²) in [6.45, 7) is 4.66. The van der Waals surface area contributed by atoms with Gasteiger partial charge < -0.3 is 0 Å². The van der Waals surface area contributed by atoms with Crippen molar-refractivity contribution in [2.75, 3.05) is 19.6 Å². The zero-order valence-electron chi connectivity index (χ0n) is 20.9. The maximum atomic E-state index is 13.6. The quantitative estimate of drug-likeness (QED) is 0.276. The molecular weight excluding hydrogens is 500 g/mol. The third-order valence-electron chi connectivity index (χ3n) is 6.97. The Bertz CT molecular complexity index is 1440. The van der Waals surface area contributed by atoms with Gasteiger partial charge in [0, 0.05) is 42.8 Å². The number of halogens is 1. The van der Waals surface area contributed by atoms with Crippen molar-refractivity contribution in [1.29, 1.82) is 0 Å². The minimum Gasteiger partial charge on any atom is -0.296 e. The first-order valence-electron chi connectivity index (χ1n) is 12.6. The molecule has 0 amide bonds. The molecule has 1 fully saturated rings. The predicted octanol–water partition coefficient (Wildman–Crippen LogP) is 6.43. The maximum absolute atomic E-state index is 13.6. The van der Waals surface area contributed by atoms with Crippen molar-refractivity contribution in [3.8, 4) is 11.1 Å². The van der Waals surface area contributed by atoms with E-state index in [2.05, 4.69) is 54.3 Å². The fraction of sp³-hybridized carbons (Fsp3) is 0.226. The average Bonchev–Trinajstić information content (AvgIpc) is 2.92. The van der Waals surface area contributed by atoms with Crippen molar-refractivity contribution in [3.05, 3.63) is 125 Å². The largest absolute Gasteiger partial charge is 0.296 e. The smallest absolute Gasteiger partial charge is 0.243 e. The van der Waals surface area contributed by atoms with Crippen LogP contribution in [-0.4, -0.2) is 43.3 Å². The molecule has 190 valence electrons. The molecule has 1 saturated heterocycles. The zero-order chi connectivity index (χ0) is 25.8. The van der Waals surface area contributed by atoms with E-state index in [1.807, 2.05) is 36.4 Å². The number of aryl methyl sites for hydroxylation is 1. The highest BCUT2D eigenvalue weighted by molar-refractivity contribution is 7.89. The normalized spacial score (nSPS) is 17.1. The highest BCUT2D eigenvalue weighted by Gasteiger charge is 2.36. The molecule has 0 aromatic heterocycles. The molecule has 1 atom stereocenters. The van der Waals surface area contributed by atoms with E-state index in [1.165, 1.54) is 11.1 Å². The summed E-state index contributed by atoms with van der Waals surface area (Å²) >= 11 is 6.44. The Kier molecular flexibility index (Phi) is 7.77. The van der Waals surface area contributed by atoms with Gasteiger partial charge in [0.1, 0.15) is 0 Å². The molecule has 0 N–H and O–H groups in total. The van der Waals surface area contributed by atoms with Gasteiger partial charge in [0.25, 0.3) is 0 Å². The van der Waals surface area contributed by atoms with Crippen LogP contribution in [0.25, 0.3) is 11.1 Å². The zero-order valence-corrected chi connectivity index (χ0v) is 22.5. The van der Waals surface area contributed by atoms with Crippen molar-refractivity contribution in [2.45, 2.75) is 30.8 Å². The molecular formula is C31H31ClN2O2S. The fourth-order valence-electron chi connectivity index (χ4n) is 5.05. The summed E-state index contributed by atoms with van der Waals surface area (Å²) in [4.78, 5) is 2.71. The van der Waals surface area contributed by atoms with Crippen LogP contribution >= 0.6 is 11.6 Å². The monoisotopic (exact) mass is 530 g/mol. The van der Waals surface area contributed by atoms with Crippen LogP contribution in [-0.2, 0) is 23.0 Å². The van der Waals surface area contributed by atoms with Crippen molar-refractivity contribution < 1.29 is 8.42 Å². The lowest BCUT2D eigenvalue weighted by atomic mass is 10.0. The molecule has 5 rings (SSSR count). The number of rotatable bonds is 7. The number of sulfonamides is 1. The summed E-state index contributed by atoms with van der Waals surface area (Å²) < 4.78 is 28.8. The molecule has 1 aliphatic heterocycles. The second-order valence-electron chi connectivity index (χ2n) is 9.69. The first-order chi connectivity index (χ1) is 17.9. The van der Waals surface area contributed by atoms with E-state index < -0.39 is 10.0 Å². The van der Waals surface area contributed by atoms with Gasteiger partial charge in [0.05, 0.1) is 4.90 Å². The summed E-state index contributed by atoms with van der Waals surface area (Å²) in [5, 5.41) is 0.748. The molecule has 1 unspecified atom stereocenters. The molecule has 0 bridgehead atoms. The number of nitrogens with zero attached hydrogens (tertiary/aromatic N) is 2. The van der Waals surface area contributed by atoms with Gasteiger partial charge in [0.15, 0.2) is 0 Å². The summed E-state index contributed by atoms with van der Waals surface area (Å²) in [5.41, 5.74) is 5.65. The lowest BCUT2D eigenvalue weighted by Gasteiger charge is -2.40. The number of piperazine rings is 1. The van der Waals surface area contributed by atoms with E-state index in [4.69, 9.17) is 11.6 Å². The van der Waals surface area contributed by atoms with Gasteiger partial charge in [0.2, 0.25) is 10.0 Å². The highest BCUT2D eigenvalue weighted by Crippen LogP contribution is 2.30. The molecule has 0 spiro atoms. The van der Waals surface area contributed by atoms with Crippen molar-refractivity contribution in [3.63, 3.8) is 0 Å². The van der Waals surface area contributed by atoms with Gasteiger partial charge in [-0.05, 0) is 54.3 Å². The molecule has 4 nitrogen and oxygen atoms in total. The molecule has 0 saturated carbocycles. The van der Waals surface area contributed by atoms with E-state index in [1.54, 1.807) is 28.6 Å². The SMILES string of the molecule is Cc1ccc(Cl)c(-c2ccc(CN3CCN(S(=O)(=O)c4ccccc4)C(Cc4ccccc4)C3)cc2)c1. The predicted molar refractivity (Wildman–Crippen MR) is 151 cm³/mol. The molecule has 4 aromatic rings. The Morgan fingerprint density at radius 3 is 2.19 bits per heavy atom. The Balaban J connectivity index is 1.35. The van der Waals surface area contributed by atoms with Gasteiger partial charge in [-0.15, -0.1) is 0 Å². The van der Waals surface area contributed by atoms with Crippen LogP contribution in [0.2, 0.25) is 5.02 Å². The van der Waals surface area contributed by atoms with Gasteiger partial charge >= 0.3 is 0 Å². The molecule has 0 aliphatic carbocycles.